The van der Waals surface area contributed by atoms with Crippen LogP contribution in [0.1, 0.15) is 0 Å². The highest BCUT2D eigenvalue weighted by molar-refractivity contribution is 5.90. The van der Waals surface area contributed by atoms with E-state index in [2.05, 4.69) is 4.74 Å². The van der Waals surface area contributed by atoms with E-state index in [0.717, 1.165) is 6.26 Å². The molecule has 0 aromatic heterocycles. The second-order valence-electron chi connectivity index (χ2n) is 6.82. The lowest BCUT2D eigenvalue weighted by atomic mass is 9.80. The number of fused-ring (bicyclic) bond motifs is 1. The van der Waals surface area contributed by atoms with Gasteiger partial charge in [0, 0.05) is 5.92 Å². The summed E-state index contributed by atoms with van der Waals surface area (Å²) < 4.78 is 20.8. The van der Waals surface area contributed by atoms with Gasteiger partial charge < -0.3 is 44.5 Å². The monoisotopic (exact) mass is 402 g/mol. The van der Waals surface area contributed by atoms with Crippen molar-refractivity contribution in [3.05, 3.63) is 24.0 Å². The molecule has 28 heavy (non-hydrogen) atoms. The van der Waals surface area contributed by atoms with E-state index in [1.54, 1.807) is 0 Å². The fourth-order valence-corrected chi connectivity index (χ4v) is 3.61. The summed E-state index contributed by atoms with van der Waals surface area (Å²) in [5.41, 5.74) is -1.98. The van der Waals surface area contributed by atoms with Crippen LogP contribution in [0.5, 0.6) is 0 Å². The smallest absolute Gasteiger partial charge is 0.337 e. The Balaban J connectivity index is 1.86. The average Bonchev–Trinajstić information content (AvgIpc) is 3.06. The van der Waals surface area contributed by atoms with Gasteiger partial charge in [-0.15, -0.1) is 0 Å². The number of carbonyl (C=O) groups excluding carboxylic acids is 2. The maximum atomic E-state index is 12.0. The molecule has 0 radical (unpaired) electrons. The molecular formula is C17H22O11. The SMILES string of the molecule is COC(=O)C1=COC(OC2OC(CO)C(O)C(O)C2O)C2C1C=CC2(O)C=O. The van der Waals surface area contributed by atoms with Crippen LogP contribution in [0.4, 0.5) is 0 Å². The Kier molecular flexibility index (Phi) is 5.87. The number of esters is 1. The third kappa shape index (κ3) is 3.35. The highest BCUT2D eigenvalue weighted by Gasteiger charge is 2.55. The maximum absolute atomic E-state index is 12.0. The molecule has 0 bridgehead atoms. The van der Waals surface area contributed by atoms with Crippen LogP contribution in [0.25, 0.3) is 0 Å². The van der Waals surface area contributed by atoms with Crippen LogP contribution in [0.3, 0.4) is 0 Å². The van der Waals surface area contributed by atoms with Crippen molar-refractivity contribution >= 4 is 12.3 Å². The van der Waals surface area contributed by atoms with Crippen molar-refractivity contribution in [1.82, 2.24) is 0 Å². The molecule has 0 saturated carbocycles. The van der Waals surface area contributed by atoms with E-state index in [1.165, 1.54) is 19.3 Å². The van der Waals surface area contributed by atoms with Gasteiger partial charge in [-0.1, -0.05) is 6.08 Å². The summed E-state index contributed by atoms with van der Waals surface area (Å²) in [5.74, 6) is -2.62. The summed E-state index contributed by atoms with van der Waals surface area (Å²) in [6.45, 7) is -0.658. The minimum absolute atomic E-state index is 0.0511. The van der Waals surface area contributed by atoms with Crippen molar-refractivity contribution < 1.29 is 54.1 Å². The number of allylic oxidation sites excluding steroid dienone is 1. The van der Waals surface area contributed by atoms with E-state index in [4.69, 9.17) is 14.2 Å². The Morgan fingerprint density at radius 1 is 1.25 bits per heavy atom. The predicted molar refractivity (Wildman–Crippen MR) is 87.0 cm³/mol. The number of hydrogen-bond donors (Lipinski definition) is 5. The second-order valence-corrected chi connectivity index (χ2v) is 6.82. The first kappa shape index (κ1) is 20.9. The minimum atomic E-state index is -2.03. The number of aldehydes is 1. The van der Waals surface area contributed by atoms with Crippen molar-refractivity contribution in [2.24, 2.45) is 11.8 Å². The molecule has 0 aromatic carbocycles. The van der Waals surface area contributed by atoms with Gasteiger partial charge in [0.1, 0.15) is 30.0 Å². The van der Waals surface area contributed by atoms with Gasteiger partial charge in [-0.25, -0.2) is 4.79 Å². The van der Waals surface area contributed by atoms with Crippen LogP contribution < -0.4 is 0 Å². The number of aliphatic hydroxyl groups excluding tert-OH is 4. The van der Waals surface area contributed by atoms with E-state index in [1.807, 2.05) is 0 Å². The van der Waals surface area contributed by atoms with E-state index in [9.17, 15) is 35.1 Å². The summed E-state index contributed by atoms with van der Waals surface area (Å²) in [5, 5.41) is 49.7. The minimum Gasteiger partial charge on any atom is -0.471 e. The summed E-state index contributed by atoms with van der Waals surface area (Å²) in [4.78, 5) is 23.4. The Morgan fingerprint density at radius 2 is 1.96 bits per heavy atom. The molecule has 156 valence electrons. The molecule has 11 nitrogen and oxygen atoms in total. The number of hydrogen-bond acceptors (Lipinski definition) is 11. The predicted octanol–water partition coefficient (Wildman–Crippen LogP) is -3.05. The number of aliphatic hydroxyl groups is 5. The molecule has 11 heteroatoms. The molecule has 1 aliphatic carbocycles. The van der Waals surface area contributed by atoms with Crippen molar-refractivity contribution in [3.8, 4) is 0 Å². The van der Waals surface area contributed by atoms with Crippen LogP contribution >= 0.6 is 0 Å². The summed E-state index contributed by atoms with van der Waals surface area (Å²) in [7, 11) is 1.17. The number of ether oxygens (including phenoxy) is 4. The van der Waals surface area contributed by atoms with Gasteiger partial charge in [0.2, 0.25) is 6.29 Å². The van der Waals surface area contributed by atoms with Crippen molar-refractivity contribution in [3.63, 3.8) is 0 Å². The van der Waals surface area contributed by atoms with E-state index < -0.39 is 67.0 Å². The Bertz CT molecular complexity index is 674. The molecule has 2 aliphatic heterocycles. The Morgan fingerprint density at radius 3 is 2.57 bits per heavy atom. The fourth-order valence-electron chi connectivity index (χ4n) is 3.61. The molecule has 2 heterocycles. The van der Waals surface area contributed by atoms with E-state index in [0.29, 0.717) is 0 Å². The molecule has 9 unspecified atom stereocenters. The zero-order valence-electron chi connectivity index (χ0n) is 14.8. The van der Waals surface area contributed by atoms with Crippen molar-refractivity contribution in [2.75, 3.05) is 13.7 Å². The standard InChI is InChI=1S/C17H22O11/c1-25-14(23)8-5-26-15(10-7(8)2-3-17(10,24)6-19)28-16-13(22)12(21)11(20)9(4-18)27-16/h2-3,5-7,9-13,15-16,18,20-22,24H,4H2,1H3. The van der Waals surface area contributed by atoms with Gasteiger partial charge in [-0.05, 0) is 6.08 Å². The quantitative estimate of drug-likeness (QED) is 0.180. The zero-order valence-corrected chi connectivity index (χ0v) is 14.8. The Hall–Kier alpha value is -1.86. The fraction of sp³-hybridized carbons (Fsp3) is 0.647. The third-order valence-electron chi connectivity index (χ3n) is 5.20. The number of methoxy groups -OCH3 is 1. The van der Waals surface area contributed by atoms with E-state index in [-0.39, 0.29) is 11.9 Å². The largest absolute Gasteiger partial charge is 0.471 e. The van der Waals surface area contributed by atoms with Crippen LogP contribution in [-0.2, 0) is 28.5 Å². The van der Waals surface area contributed by atoms with Crippen LogP contribution in [-0.4, -0.2) is 94.1 Å². The maximum Gasteiger partial charge on any atom is 0.337 e. The van der Waals surface area contributed by atoms with Crippen molar-refractivity contribution in [1.29, 1.82) is 0 Å². The number of rotatable bonds is 5. The number of carbonyl (C=O) groups is 2. The van der Waals surface area contributed by atoms with Gasteiger partial charge in [0.25, 0.3) is 0 Å². The van der Waals surface area contributed by atoms with Crippen LogP contribution in [0, 0.1) is 11.8 Å². The zero-order chi connectivity index (χ0) is 20.6. The second kappa shape index (κ2) is 7.87. The molecule has 1 fully saturated rings. The molecule has 3 rings (SSSR count). The lowest BCUT2D eigenvalue weighted by Gasteiger charge is -2.43. The summed E-state index contributed by atoms with van der Waals surface area (Å²) in [6, 6.07) is 0. The van der Waals surface area contributed by atoms with Crippen molar-refractivity contribution in [2.45, 2.75) is 42.6 Å². The third-order valence-corrected chi connectivity index (χ3v) is 5.20. The lowest BCUT2D eigenvalue weighted by Crippen LogP contribution is -2.61. The lowest BCUT2D eigenvalue weighted by molar-refractivity contribution is -0.344. The first-order chi connectivity index (χ1) is 13.3. The normalized spacial score (nSPS) is 45.0. The highest BCUT2D eigenvalue weighted by atomic mass is 16.8. The molecule has 3 aliphatic rings. The van der Waals surface area contributed by atoms with Crippen LogP contribution in [0.2, 0.25) is 0 Å². The first-order valence-electron chi connectivity index (χ1n) is 8.55. The first-order valence-corrected chi connectivity index (χ1v) is 8.55. The molecule has 0 amide bonds. The molecule has 1 saturated heterocycles. The van der Waals surface area contributed by atoms with Gasteiger partial charge in [0.15, 0.2) is 12.6 Å². The molecule has 0 aromatic rings. The summed E-state index contributed by atoms with van der Waals surface area (Å²) >= 11 is 0. The molecular weight excluding hydrogens is 380 g/mol. The topological polar surface area (TPSA) is 172 Å². The molecule has 5 N–H and O–H groups in total. The van der Waals surface area contributed by atoms with Gasteiger partial charge >= 0.3 is 5.97 Å². The average molecular weight is 402 g/mol. The Labute approximate surface area is 159 Å². The van der Waals surface area contributed by atoms with Gasteiger partial charge in [-0.2, -0.15) is 0 Å². The molecule has 9 atom stereocenters. The summed E-state index contributed by atoms with van der Waals surface area (Å²) in [6.07, 6.45) is -5.13. The van der Waals surface area contributed by atoms with Crippen LogP contribution in [0.15, 0.2) is 24.0 Å². The molecule has 0 spiro atoms. The van der Waals surface area contributed by atoms with Gasteiger partial charge in [0.05, 0.1) is 31.5 Å². The highest BCUT2D eigenvalue weighted by Crippen LogP contribution is 2.45. The van der Waals surface area contributed by atoms with E-state index >= 15 is 0 Å². The van der Waals surface area contributed by atoms with Gasteiger partial charge in [-0.3, -0.25) is 4.79 Å².